The number of alkyl halides is 2. The van der Waals surface area contributed by atoms with Crippen LogP contribution in [0, 0.1) is 11.8 Å². The molecule has 2 rings (SSSR count). The lowest BCUT2D eigenvalue weighted by atomic mass is 10.2. The van der Waals surface area contributed by atoms with Gasteiger partial charge in [-0.05, 0) is 12.8 Å². The number of halogens is 2. The van der Waals surface area contributed by atoms with Crippen LogP contribution in [0.3, 0.4) is 0 Å². The molecular weight excluding hydrogens is 246 g/mol. The van der Waals surface area contributed by atoms with Gasteiger partial charge in [-0.15, -0.1) is 0 Å². The Labute approximate surface area is 101 Å². The summed E-state index contributed by atoms with van der Waals surface area (Å²) in [6, 6.07) is 1.13. The van der Waals surface area contributed by atoms with Gasteiger partial charge in [-0.2, -0.15) is 0 Å². The molecule has 0 unspecified atom stereocenters. The van der Waals surface area contributed by atoms with Crippen molar-refractivity contribution in [1.29, 1.82) is 0 Å². The Balaban J connectivity index is 2.06. The number of hydrogen-bond acceptors (Lipinski definition) is 3. The highest BCUT2D eigenvalue weighted by molar-refractivity contribution is 5.05. The fourth-order valence-electron chi connectivity index (χ4n) is 2.21. The van der Waals surface area contributed by atoms with Gasteiger partial charge in [0.05, 0.1) is 0 Å². The normalized spacial score (nSPS) is 25.1. The summed E-state index contributed by atoms with van der Waals surface area (Å²) in [6.07, 6.45) is 1.79. The highest BCUT2D eigenvalue weighted by Crippen LogP contribution is 2.58. The Bertz CT molecular complexity index is 538. The highest BCUT2D eigenvalue weighted by atomic mass is 19.3. The fraction of sp³-hybridized carbons (Fsp3) is 0.636. The van der Waals surface area contributed by atoms with E-state index in [1.165, 1.54) is 6.20 Å². The number of aromatic nitrogens is 2. The molecule has 5 nitrogen and oxygen atoms in total. The van der Waals surface area contributed by atoms with Crippen LogP contribution in [0.5, 0.6) is 0 Å². The van der Waals surface area contributed by atoms with Gasteiger partial charge >= 0.3 is 5.69 Å². The molecule has 100 valence electrons. The number of aromatic amines is 1. The molecule has 2 N–H and O–H groups in total. The molecule has 2 atom stereocenters. The van der Waals surface area contributed by atoms with Crippen molar-refractivity contribution in [2.24, 2.45) is 11.8 Å². The second-order valence-electron chi connectivity index (χ2n) is 4.52. The molecule has 1 fully saturated rings. The van der Waals surface area contributed by atoms with Gasteiger partial charge in [0, 0.05) is 37.3 Å². The number of H-pyrrole nitrogens is 1. The summed E-state index contributed by atoms with van der Waals surface area (Å²) < 4.78 is 27.9. The van der Waals surface area contributed by atoms with Crippen molar-refractivity contribution >= 4 is 0 Å². The van der Waals surface area contributed by atoms with Gasteiger partial charge in [0.2, 0.25) is 0 Å². The molecule has 0 bridgehead atoms. The SMILES string of the molecule is O=c1ccn(C[C@@H]2[C@H](CCCO)C2(F)F)c(=O)[nH]1. The van der Waals surface area contributed by atoms with E-state index in [1.54, 1.807) is 0 Å². The predicted octanol–water partition coefficient (Wildman–Crippen LogP) is 0.190. The molecule has 1 heterocycles. The van der Waals surface area contributed by atoms with Crippen molar-refractivity contribution in [2.45, 2.75) is 25.3 Å². The van der Waals surface area contributed by atoms with Crippen LogP contribution in [-0.4, -0.2) is 27.2 Å². The maximum atomic E-state index is 13.4. The Kier molecular flexibility index (Phi) is 3.34. The maximum Gasteiger partial charge on any atom is 0.328 e. The molecule has 7 heteroatoms. The minimum atomic E-state index is -2.79. The lowest BCUT2D eigenvalue weighted by Crippen LogP contribution is -2.29. The Morgan fingerprint density at radius 1 is 1.39 bits per heavy atom. The van der Waals surface area contributed by atoms with Gasteiger partial charge in [0.15, 0.2) is 0 Å². The second kappa shape index (κ2) is 4.64. The van der Waals surface area contributed by atoms with Crippen molar-refractivity contribution < 1.29 is 13.9 Å². The first-order chi connectivity index (χ1) is 8.46. The molecule has 1 saturated carbocycles. The molecule has 1 aromatic heterocycles. The van der Waals surface area contributed by atoms with Gasteiger partial charge < -0.3 is 9.67 Å². The minimum absolute atomic E-state index is 0.112. The van der Waals surface area contributed by atoms with E-state index < -0.39 is 29.0 Å². The lowest BCUT2D eigenvalue weighted by molar-refractivity contribution is 0.0787. The summed E-state index contributed by atoms with van der Waals surface area (Å²) in [4.78, 5) is 24.2. The van der Waals surface area contributed by atoms with Crippen LogP contribution in [0.4, 0.5) is 8.78 Å². The summed E-state index contributed by atoms with van der Waals surface area (Å²) in [7, 11) is 0. The van der Waals surface area contributed by atoms with E-state index in [4.69, 9.17) is 5.11 Å². The van der Waals surface area contributed by atoms with Gasteiger partial charge in [0.25, 0.3) is 11.5 Å². The molecule has 0 aliphatic heterocycles. The van der Waals surface area contributed by atoms with E-state index in [0.29, 0.717) is 6.42 Å². The number of aliphatic hydroxyl groups is 1. The molecule has 0 saturated heterocycles. The van der Waals surface area contributed by atoms with Crippen LogP contribution in [0.2, 0.25) is 0 Å². The van der Waals surface area contributed by atoms with E-state index in [0.717, 1.165) is 10.6 Å². The highest BCUT2D eigenvalue weighted by Gasteiger charge is 2.67. The molecule has 0 radical (unpaired) electrons. The van der Waals surface area contributed by atoms with Gasteiger partial charge in [-0.25, -0.2) is 13.6 Å². The molecular formula is C11H14F2N2O3. The summed E-state index contributed by atoms with van der Waals surface area (Å²) in [5.74, 6) is -4.47. The van der Waals surface area contributed by atoms with Crippen molar-refractivity contribution in [3.8, 4) is 0 Å². The number of hydrogen-bond donors (Lipinski definition) is 2. The van der Waals surface area contributed by atoms with Crippen molar-refractivity contribution in [1.82, 2.24) is 9.55 Å². The van der Waals surface area contributed by atoms with Crippen LogP contribution < -0.4 is 11.2 Å². The topological polar surface area (TPSA) is 75.1 Å². The molecule has 1 aliphatic carbocycles. The standard InChI is InChI=1S/C11H14F2N2O3/c12-11(13)7(2-1-5-16)8(11)6-15-4-3-9(17)14-10(15)18/h3-4,7-8,16H,1-2,5-6H2,(H,14,17,18)/t7-,8+/m0/s1. The van der Waals surface area contributed by atoms with Crippen LogP contribution in [-0.2, 0) is 6.54 Å². The zero-order valence-electron chi connectivity index (χ0n) is 9.60. The van der Waals surface area contributed by atoms with Crippen LogP contribution in [0.1, 0.15) is 12.8 Å². The van der Waals surface area contributed by atoms with E-state index in [-0.39, 0.29) is 19.6 Å². The molecule has 1 aliphatic rings. The first-order valence-corrected chi connectivity index (χ1v) is 5.75. The molecule has 1 aromatic rings. The largest absolute Gasteiger partial charge is 0.396 e. The third-order valence-electron chi connectivity index (χ3n) is 3.33. The smallest absolute Gasteiger partial charge is 0.328 e. The van der Waals surface area contributed by atoms with Crippen molar-refractivity contribution in [2.75, 3.05) is 6.61 Å². The number of aliphatic hydroxyl groups excluding tert-OH is 1. The molecule has 0 aromatic carbocycles. The van der Waals surface area contributed by atoms with Crippen LogP contribution >= 0.6 is 0 Å². The van der Waals surface area contributed by atoms with Crippen molar-refractivity contribution in [3.05, 3.63) is 33.1 Å². The number of rotatable bonds is 5. The number of nitrogens with one attached hydrogen (secondary N) is 1. The van der Waals surface area contributed by atoms with E-state index in [2.05, 4.69) is 0 Å². The summed E-state index contributed by atoms with van der Waals surface area (Å²) in [5, 5.41) is 8.62. The summed E-state index contributed by atoms with van der Waals surface area (Å²) in [6.45, 7) is -0.226. The third kappa shape index (κ3) is 2.35. The monoisotopic (exact) mass is 260 g/mol. The van der Waals surface area contributed by atoms with E-state index >= 15 is 0 Å². The number of nitrogens with zero attached hydrogens (tertiary/aromatic N) is 1. The Morgan fingerprint density at radius 2 is 2.11 bits per heavy atom. The first kappa shape index (κ1) is 12.9. The molecule has 18 heavy (non-hydrogen) atoms. The fourth-order valence-corrected chi connectivity index (χ4v) is 2.21. The average Bonchev–Trinajstić information content (AvgIpc) is 2.81. The zero-order chi connectivity index (χ0) is 13.3. The molecule has 0 amide bonds. The van der Waals surface area contributed by atoms with E-state index in [1.807, 2.05) is 4.98 Å². The Morgan fingerprint density at radius 3 is 2.72 bits per heavy atom. The van der Waals surface area contributed by atoms with Crippen LogP contribution in [0.25, 0.3) is 0 Å². The van der Waals surface area contributed by atoms with Gasteiger partial charge in [-0.3, -0.25) is 9.78 Å². The predicted molar refractivity (Wildman–Crippen MR) is 59.6 cm³/mol. The Hall–Kier alpha value is -1.50. The first-order valence-electron chi connectivity index (χ1n) is 5.75. The minimum Gasteiger partial charge on any atom is -0.396 e. The summed E-state index contributed by atoms with van der Waals surface area (Å²) in [5.41, 5.74) is -1.22. The van der Waals surface area contributed by atoms with E-state index in [9.17, 15) is 18.4 Å². The molecule has 0 spiro atoms. The van der Waals surface area contributed by atoms with Gasteiger partial charge in [-0.1, -0.05) is 0 Å². The maximum absolute atomic E-state index is 13.4. The third-order valence-corrected chi connectivity index (χ3v) is 3.33. The quantitative estimate of drug-likeness (QED) is 0.793. The average molecular weight is 260 g/mol. The van der Waals surface area contributed by atoms with Crippen molar-refractivity contribution in [3.63, 3.8) is 0 Å². The lowest BCUT2D eigenvalue weighted by Gasteiger charge is -2.02. The zero-order valence-corrected chi connectivity index (χ0v) is 9.60. The summed E-state index contributed by atoms with van der Waals surface area (Å²) >= 11 is 0. The second-order valence-corrected chi connectivity index (χ2v) is 4.52. The van der Waals surface area contributed by atoms with Gasteiger partial charge in [0.1, 0.15) is 0 Å². The van der Waals surface area contributed by atoms with Crippen LogP contribution in [0.15, 0.2) is 21.9 Å².